The molecule has 21 heavy (non-hydrogen) atoms. The summed E-state index contributed by atoms with van der Waals surface area (Å²) in [7, 11) is 0. The first kappa shape index (κ1) is 17.2. The minimum atomic E-state index is -0.416. The van der Waals surface area contributed by atoms with Gasteiger partial charge in [0.1, 0.15) is 0 Å². The standard InChI is InChI=1S/C16H24N2O3/c1-16(2,12-19)11-15(21)18-9-8-17-14(20)10-13-6-4-3-5-7-13/h3-7,19H,8-12H2,1-2H3,(H,17,20)(H,18,21). The number of nitrogens with one attached hydrogen (secondary N) is 2. The number of aliphatic hydroxyl groups is 1. The average Bonchev–Trinajstić information content (AvgIpc) is 2.44. The van der Waals surface area contributed by atoms with Crippen molar-refractivity contribution in [2.45, 2.75) is 26.7 Å². The highest BCUT2D eigenvalue weighted by Gasteiger charge is 2.20. The van der Waals surface area contributed by atoms with Gasteiger partial charge in [-0.2, -0.15) is 0 Å². The fourth-order valence-corrected chi connectivity index (χ4v) is 1.80. The SMILES string of the molecule is CC(C)(CO)CC(=O)NCCNC(=O)Cc1ccccc1. The van der Waals surface area contributed by atoms with E-state index in [1.807, 2.05) is 44.2 Å². The summed E-state index contributed by atoms with van der Waals surface area (Å²) in [5.74, 6) is -0.183. The average molecular weight is 292 g/mol. The number of carbonyl (C=O) groups is 2. The lowest BCUT2D eigenvalue weighted by atomic mass is 9.90. The van der Waals surface area contributed by atoms with Gasteiger partial charge in [-0.3, -0.25) is 9.59 Å². The van der Waals surface area contributed by atoms with Crippen LogP contribution in [0, 0.1) is 5.41 Å². The van der Waals surface area contributed by atoms with Crippen LogP contribution in [0.25, 0.3) is 0 Å². The molecular weight excluding hydrogens is 268 g/mol. The summed E-state index contributed by atoms with van der Waals surface area (Å²) in [5.41, 5.74) is 0.546. The van der Waals surface area contributed by atoms with Gasteiger partial charge >= 0.3 is 0 Å². The van der Waals surface area contributed by atoms with Gasteiger partial charge in [-0.1, -0.05) is 44.2 Å². The van der Waals surface area contributed by atoms with Gasteiger partial charge in [-0.05, 0) is 11.0 Å². The predicted molar refractivity (Wildman–Crippen MR) is 81.6 cm³/mol. The van der Waals surface area contributed by atoms with Crippen molar-refractivity contribution in [2.75, 3.05) is 19.7 Å². The van der Waals surface area contributed by atoms with Crippen LogP contribution in [0.4, 0.5) is 0 Å². The number of aliphatic hydroxyl groups excluding tert-OH is 1. The van der Waals surface area contributed by atoms with Gasteiger partial charge in [0, 0.05) is 26.1 Å². The van der Waals surface area contributed by atoms with Gasteiger partial charge in [-0.25, -0.2) is 0 Å². The van der Waals surface area contributed by atoms with Crippen LogP contribution < -0.4 is 10.6 Å². The number of carbonyl (C=O) groups excluding carboxylic acids is 2. The molecule has 1 rings (SSSR count). The fourth-order valence-electron chi connectivity index (χ4n) is 1.80. The Labute approximate surface area is 125 Å². The number of hydrogen-bond donors (Lipinski definition) is 3. The second-order valence-electron chi connectivity index (χ2n) is 5.86. The molecule has 5 heteroatoms. The largest absolute Gasteiger partial charge is 0.396 e. The maximum atomic E-state index is 11.7. The normalized spacial score (nSPS) is 11.0. The molecule has 0 heterocycles. The van der Waals surface area contributed by atoms with Gasteiger partial charge in [-0.15, -0.1) is 0 Å². The van der Waals surface area contributed by atoms with E-state index >= 15 is 0 Å². The number of amides is 2. The van der Waals surface area contributed by atoms with E-state index in [1.165, 1.54) is 0 Å². The van der Waals surface area contributed by atoms with E-state index in [0.717, 1.165) is 5.56 Å². The molecule has 0 fully saturated rings. The molecule has 2 amide bonds. The molecule has 0 aliphatic carbocycles. The highest BCUT2D eigenvalue weighted by atomic mass is 16.3. The zero-order chi connectivity index (χ0) is 15.7. The monoisotopic (exact) mass is 292 g/mol. The van der Waals surface area contributed by atoms with Crippen molar-refractivity contribution >= 4 is 11.8 Å². The topological polar surface area (TPSA) is 78.4 Å². The zero-order valence-electron chi connectivity index (χ0n) is 12.7. The molecule has 0 aromatic heterocycles. The molecule has 0 saturated heterocycles. The lowest BCUT2D eigenvalue weighted by Crippen LogP contribution is -2.37. The minimum absolute atomic E-state index is 0.0335. The number of hydrogen-bond acceptors (Lipinski definition) is 3. The second kappa shape index (κ2) is 8.42. The van der Waals surface area contributed by atoms with Crippen LogP contribution in [0.1, 0.15) is 25.8 Å². The molecule has 5 nitrogen and oxygen atoms in total. The molecular formula is C16H24N2O3. The van der Waals surface area contributed by atoms with Crippen LogP contribution in [0.5, 0.6) is 0 Å². The van der Waals surface area contributed by atoms with Crippen molar-refractivity contribution in [3.8, 4) is 0 Å². The molecule has 0 aliphatic heterocycles. The Bertz CT molecular complexity index is 458. The Hall–Kier alpha value is -1.88. The van der Waals surface area contributed by atoms with Gasteiger partial charge in [0.2, 0.25) is 11.8 Å². The lowest BCUT2D eigenvalue weighted by Gasteiger charge is -2.20. The van der Waals surface area contributed by atoms with Crippen molar-refractivity contribution in [3.63, 3.8) is 0 Å². The maximum absolute atomic E-state index is 11.7. The van der Waals surface area contributed by atoms with Crippen LogP contribution in [0.2, 0.25) is 0 Å². The minimum Gasteiger partial charge on any atom is -0.396 e. The molecule has 0 spiro atoms. The molecule has 116 valence electrons. The van der Waals surface area contributed by atoms with Crippen LogP contribution in [0.15, 0.2) is 30.3 Å². The quantitative estimate of drug-likeness (QED) is 0.622. The summed E-state index contributed by atoms with van der Waals surface area (Å²) >= 11 is 0. The summed E-state index contributed by atoms with van der Waals surface area (Å²) in [6.07, 6.45) is 0.605. The number of benzene rings is 1. The smallest absolute Gasteiger partial charge is 0.224 e. The molecule has 1 aromatic rings. The first-order valence-corrected chi connectivity index (χ1v) is 7.11. The molecule has 0 unspecified atom stereocenters. The van der Waals surface area contributed by atoms with Crippen molar-refractivity contribution in [1.29, 1.82) is 0 Å². The summed E-state index contributed by atoms with van der Waals surface area (Å²) in [6, 6.07) is 9.50. The van der Waals surface area contributed by atoms with Crippen molar-refractivity contribution < 1.29 is 14.7 Å². The van der Waals surface area contributed by atoms with Crippen molar-refractivity contribution in [3.05, 3.63) is 35.9 Å². The van der Waals surface area contributed by atoms with E-state index in [2.05, 4.69) is 10.6 Å². The van der Waals surface area contributed by atoms with Gasteiger partial charge in [0.05, 0.1) is 6.42 Å². The summed E-state index contributed by atoms with van der Waals surface area (Å²) in [6.45, 7) is 4.41. The Morgan fingerprint density at radius 3 is 2.19 bits per heavy atom. The molecule has 0 bridgehead atoms. The summed E-state index contributed by atoms with van der Waals surface area (Å²) in [4.78, 5) is 23.3. The second-order valence-corrected chi connectivity index (χ2v) is 5.86. The van der Waals surface area contributed by atoms with Crippen LogP contribution >= 0.6 is 0 Å². The maximum Gasteiger partial charge on any atom is 0.224 e. The van der Waals surface area contributed by atoms with Gasteiger partial charge < -0.3 is 15.7 Å². The Morgan fingerprint density at radius 1 is 1.05 bits per heavy atom. The van der Waals surface area contributed by atoms with E-state index < -0.39 is 5.41 Å². The number of rotatable bonds is 8. The van der Waals surface area contributed by atoms with E-state index in [1.54, 1.807) is 0 Å². The Balaban J connectivity index is 2.16. The highest BCUT2D eigenvalue weighted by Crippen LogP contribution is 2.18. The first-order chi connectivity index (χ1) is 9.93. The van der Waals surface area contributed by atoms with Crippen LogP contribution in [0.3, 0.4) is 0 Å². The van der Waals surface area contributed by atoms with Gasteiger partial charge in [0.25, 0.3) is 0 Å². The van der Waals surface area contributed by atoms with E-state index in [9.17, 15) is 9.59 Å². The molecule has 3 N–H and O–H groups in total. The summed E-state index contributed by atoms with van der Waals surface area (Å²) < 4.78 is 0. The molecule has 0 atom stereocenters. The molecule has 0 saturated carbocycles. The third kappa shape index (κ3) is 7.46. The first-order valence-electron chi connectivity index (χ1n) is 7.11. The van der Waals surface area contributed by atoms with Gasteiger partial charge in [0.15, 0.2) is 0 Å². The lowest BCUT2D eigenvalue weighted by molar-refractivity contribution is -0.124. The van der Waals surface area contributed by atoms with E-state index in [4.69, 9.17) is 5.11 Å². The molecule has 0 aliphatic rings. The Morgan fingerprint density at radius 2 is 1.62 bits per heavy atom. The predicted octanol–water partition coefficient (Wildman–Crippen LogP) is 0.870. The molecule has 1 aromatic carbocycles. The molecule has 0 radical (unpaired) electrons. The summed E-state index contributed by atoms with van der Waals surface area (Å²) in [5, 5.41) is 14.6. The zero-order valence-corrected chi connectivity index (χ0v) is 12.7. The third-order valence-corrected chi connectivity index (χ3v) is 3.04. The fraction of sp³-hybridized carbons (Fsp3) is 0.500. The van der Waals surface area contributed by atoms with Crippen LogP contribution in [-0.4, -0.2) is 36.6 Å². The van der Waals surface area contributed by atoms with Crippen molar-refractivity contribution in [1.82, 2.24) is 10.6 Å². The highest BCUT2D eigenvalue weighted by molar-refractivity contribution is 5.79. The van der Waals surface area contributed by atoms with Crippen molar-refractivity contribution in [2.24, 2.45) is 5.41 Å². The van der Waals surface area contributed by atoms with Crippen LogP contribution in [-0.2, 0) is 16.0 Å². The Kier molecular flexibility index (Phi) is 6.88. The van der Waals surface area contributed by atoms with E-state index in [-0.39, 0.29) is 24.8 Å². The third-order valence-electron chi connectivity index (χ3n) is 3.04. The van der Waals surface area contributed by atoms with E-state index in [0.29, 0.717) is 19.5 Å².